The third-order valence-electron chi connectivity index (χ3n) is 3.92. The van der Waals surface area contributed by atoms with Crippen LogP contribution < -0.4 is 10.7 Å². The molecule has 24 heavy (non-hydrogen) atoms. The van der Waals surface area contributed by atoms with Crippen LogP contribution in [0, 0.1) is 6.92 Å². The predicted octanol–water partition coefficient (Wildman–Crippen LogP) is 4.13. The Kier molecular flexibility index (Phi) is 4.61. The third kappa shape index (κ3) is 3.30. The molecule has 0 unspecified atom stereocenters. The second kappa shape index (κ2) is 7.00. The van der Waals surface area contributed by atoms with Crippen molar-refractivity contribution in [1.82, 2.24) is 9.99 Å². The summed E-state index contributed by atoms with van der Waals surface area (Å²) in [5, 5.41) is 7.96. The molecule has 0 saturated heterocycles. The Morgan fingerprint density at radius 3 is 2.71 bits per heavy atom. The summed E-state index contributed by atoms with van der Waals surface area (Å²) in [6.45, 7) is 4.93. The number of carbonyl (C=O) groups is 1. The van der Waals surface area contributed by atoms with Crippen molar-refractivity contribution in [3.05, 3.63) is 65.9 Å². The predicted molar refractivity (Wildman–Crippen MR) is 98.5 cm³/mol. The lowest BCUT2D eigenvalue weighted by atomic mass is 10.2. The van der Waals surface area contributed by atoms with Gasteiger partial charge in [0.1, 0.15) is 0 Å². The smallest absolute Gasteiger partial charge is 0.339 e. The van der Waals surface area contributed by atoms with Crippen molar-refractivity contribution >= 4 is 28.8 Å². The number of hydrogen-bond donors (Lipinski definition) is 2. The van der Waals surface area contributed by atoms with Crippen LogP contribution in [0.15, 0.2) is 59.8 Å². The van der Waals surface area contributed by atoms with E-state index in [-0.39, 0.29) is 6.03 Å². The molecular formula is C19H20N4O. The quantitative estimate of drug-likeness (QED) is 0.551. The highest BCUT2D eigenvalue weighted by molar-refractivity contribution is 6.00. The Labute approximate surface area is 141 Å². The number of urea groups is 1. The number of benzene rings is 2. The average Bonchev–Trinajstić information content (AvgIpc) is 2.95. The van der Waals surface area contributed by atoms with E-state index in [1.165, 1.54) is 0 Å². The Bertz CT molecular complexity index is 895. The molecule has 0 aliphatic heterocycles. The van der Waals surface area contributed by atoms with Crippen molar-refractivity contribution in [2.75, 3.05) is 5.32 Å². The zero-order valence-electron chi connectivity index (χ0n) is 13.8. The fourth-order valence-corrected chi connectivity index (χ4v) is 2.66. The molecular weight excluding hydrogens is 300 g/mol. The van der Waals surface area contributed by atoms with Gasteiger partial charge in [0.2, 0.25) is 0 Å². The van der Waals surface area contributed by atoms with Gasteiger partial charge in [0.15, 0.2) is 0 Å². The van der Waals surface area contributed by atoms with Gasteiger partial charge in [-0.1, -0.05) is 36.4 Å². The zero-order valence-corrected chi connectivity index (χ0v) is 13.8. The number of hydrazone groups is 1. The number of rotatable bonds is 4. The van der Waals surface area contributed by atoms with Gasteiger partial charge in [-0.2, -0.15) is 5.10 Å². The number of aryl methyl sites for hydroxylation is 2. The van der Waals surface area contributed by atoms with Crippen molar-refractivity contribution in [2.24, 2.45) is 5.10 Å². The molecule has 1 heterocycles. The Hall–Kier alpha value is -3.08. The number of para-hydroxylation sites is 2. The van der Waals surface area contributed by atoms with Crippen LogP contribution in [-0.2, 0) is 6.54 Å². The van der Waals surface area contributed by atoms with E-state index in [2.05, 4.69) is 39.5 Å². The van der Waals surface area contributed by atoms with E-state index in [0.29, 0.717) is 0 Å². The van der Waals surface area contributed by atoms with Crippen LogP contribution in [0.2, 0.25) is 0 Å². The molecule has 0 radical (unpaired) electrons. The van der Waals surface area contributed by atoms with E-state index in [1.54, 1.807) is 6.21 Å². The first-order valence-electron chi connectivity index (χ1n) is 7.92. The number of aromatic nitrogens is 1. The highest BCUT2D eigenvalue weighted by atomic mass is 16.2. The van der Waals surface area contributed by atoms with E-state index in [1.807, 2.05) is 49.5 Å². The molecule has 5 nitrogen and oxygen atoms in total. The van der Waals surface area contributed by atoms with Crippen LogP contribution in [0.4, 0.5) is 10.5 Å². The van der Waals surface area contributed by atoms with Crippen molar-refractivity contribution in [1.29, 1.82) is 0 Å². The molecule has 2 aromatic carbocycles. The number of nitrogens with zero attached hydrogens (tertiary/aromatic N) is 2. The summed E-state index contributed by atoms with van der Waals surface area (Å²) in [4.78, 5) is 11.9. The van der Waals surface area contributed by atoms with Crippen LogP contribution in [0.25, 0.3) is 10.9 Å². The number of carbonyl (C=O) groups excluding carboxylic acids is 1. The van der Waals surface area contributed by atoms with Crippen molar-refractivity contribution in [3.63, 3.8) is 0 Å². The molecule has 5 heteroatoms. The molecule has 0 aliphatic carbocycles. The molecule has 1 aromatic heterocycles. The van der Waals surface area contributed by atoms with Gasteiger partial charge in [0.05, 0.1) is 6.21 Å². The molecule has 2 amide bonds. The van der Waals surface area contributed by atoms with Crippen LogP contribution in [0.1, 0.15) is 18.1 Å². The summed E-state index contributed by atoms with van der Waals surface area (Å²) in [5.74, 6) is 0. The second-order valence-corrected chi connectivity index (χ2v) is 5.53. The first-order valence-corrected chi connectivity index (χ1v) is 7.92. The van der Waals surface area contributed by atoms with E-state index in [9.17, 15) is 4.79 Å². The standard InChI is InChI=1S/C19H20N4O/c1-3-23-13-15(16-9-5-7-11-18(16)23)12-20-22-19(24)21-17-10-6-4-8-14(17)2/h4-13H,3H2,1-2H3,(H2,21,22,24)/b20-12-. The molecule has 122 valence electrons. The van der Waals surface area contributed by atoms with Gasteiger partial charge in [-0.15, -0.1) is 0 Å². The summed E-state index contributed by atoms with van der Waals surface area (Å²) in [7, 11) is 0. The number of fused-ring (bicyclic) bond motifs is 1. The minimum absolute atomic E-state index is 0.361. The Morgan fingerprint density at radius 1 is 1.17 bits per heavy atom. The van der Waals surface area contributed by atoms with Gasteiger partial charge in [0.25, 0.3) is 0 Å². The van der Waals surface area contributed by atoms with E-state index in [4.69, 9.17) is 0 Å². The van der Waals surface area contributed by atoms with Crippen molar-refractivity contribution in [2.45, 2.75) is 20.4 Å². The summed E-state index contributed by atoms with van der Waals surface area (Å²) in [5.41, 5.74) is 6.42. The molecule has 0 saturated carbocycles. The highest BCUT2D eigenvalue weighted by Crippen LogP contribution is 2.19. The SMILES string of the molecule is CCn1cc(/C=N\NC(=O)Nc2ccccc2C)c2ccccc21. The normalized spacial score (nSPS) is 11.1. The molecule has 2 N–H and O–H groups in total. The summed E-state index contributed by atoms with van der Waals surface area (Å²) < 4.78 is 2.16. The molecule has 0 bridgehead atoms. The first kappa shape index (κ1) is 15.8. The second-order valence-electron chi connectivity index (χ2n) is 5.53. The Morgan fingerprint density at radius 2 is 1.92 bits per heavy atom. The maximum absolute atomic E-state index is 11.9. The highest BCUT2D eigenvalue weighted by Gasteiger charge is 2.05. The van der Waals surface area contributed by atoms with Gasteiger partial charge < -0.3 is 9.88 Å². The van der Waals surface area contributed by atoms with Crippen molar-refractivity contribution in [3.8, 4) is 0 Å². The monoisotopic (exact) mass is 320 g/mol. The lowest BCUT2D eigenvalue weighted by molar-refractivity contribution is 0.252. The summed E-state index contributed by atoms with van der Waals surface area (Å²) in [6.07, 6.45) is 3.71. The zero-order chi connectivity index (χ0) is 16.9. The fraction of sp³-hybridized carbons (Fsp3) is 0.158. The summed E-state index contributed by atoms with van der Waals surface area (Å²) >= 11 is 0. The average molecular weight is 320 g/mol. The van der Waals surface area contributed by atoms with Crippen LogP contribution in [-0.4, -0.2) is 16.8 Å². The maximum Gasteiger partial charge on any atom is 0.339 e. The van der Waals surface area contributed by atoms with Gasteiger partial charge in [0, 0.05) is 34.9 Å². The first-order chi connectivity index (χ1) is 11.7. The molecule has 0 fully saturated rings. The molecule has 3 rings (SSSR count). The topological polar surface area (TPSA) is 58.4 Å². The lowest BCUT2D eigenvalue weighted by Gasteiger charge is -2.06. The number of amides is 2. The maximum atomic E-state index is 11.9. The largest absolute Gasteiger partial charge is 0.347 e. The van der Waals surface area contributed by atoms with Crippen molar-refractivity contribution < 1.29 is 4.79 Å². The van der Waals surface area contributed by atoms with E-state index < -0.39 is 0 Å². The van der Waals surface area contributed by atoms with E-state index in [0.717, 1.165) is 34.3 Å². The number of nitrogens with one attached hydrogen (secondary N) is 2. The third-order valence-corrected chi connectivity index (χ3v) is 3.92. The molecule has 0 atom stereocenters. The number of anilines is 1. The van der Waals surface area contributed by atoms with Gasteiger partial charge in [-0.3, -0.25) is 0 Å². The Balaban J connectivity index is 1.71. The fourth-order valence-electron chi connectivity index (χ4n) is 2.66. The van der Waals surface area contributed by atoms with Gasteiger partial charge in [-0.05, 0) is 31.5 Å². The van der Waals surface area contributed by atoms with Gasteiger partial charge >= 0.3 is 6.03 Å². The lowest BCUT2D eigenvalue weighted by Crippen LogP contribution is -2.24. The molecule has 3 aromatic rings. The minimum Gasteiger partial charge on any atom is -0.347 e. The van der Waals surface area contributed by atoms with E-state index >= 15 is 0 Å². The minimum atomic E-state index is -0.361. The van der Waals surface area contributed by atoms with Gasteiger partial charge in [-0.25, -0.2) is 10.2 Å². The molecule has 0 spiro atoms. The number of hydrogen-bond acceptors (Lipinski definition) is 2. The van der Waals surface area contributed by atoms with Crippen LogP contribution in [0.3, 0.4) is 0 Å². The molecule has 0 aliphatic rings. The summed E-state index contributed by atoms with van der Waals surface area (Å²) in [6, 6.07) is 15.4. The van der Waals surface area contributed by atoms with Crippen LogP contribution >= 0.6 is 0 Å². The van der Waals surface area contributed by atoms with Crippen LogP contribution in [0.5, 0.6) is 0 Å².